The number of para-hydroxylation sites is 1. The van der Waals surface area contributed by atoms with Crippen LogP contribution in [0, 0.1) is 5.92 Å². The zero-order valence-corrected chi connectivity index (χ0v) is 31.2. The van der Waals surface area contributed by atoms with Gasteiger partial charge in [0.2, 0.25) is 29.5 Å². The Balaban J connectivity index is 1.42. The lowest BCUT2D eigenvalue weighted by atomic mass is 9.71. The average Bonchev–Trinajstić information content (AvgIpc) is 3.62. The number of H-pyrrole nitrogens is 1. The number of aromatic nitrogens is 1. The molecule has 1 unspecified atom stereocenters. The Bertz CT molecular complexity index is 1930. The molecule has 0 radical (unpaired) electrons. The molecule has 12 heteroatoms. The average molecular weight is 753 g/mol. The van der Waals surface area contributed by atoms with Gasteiger partial charge in [0.25, 0.3) is 0 Å². The van der Waals surface area contributed by atoms with Gasteiger partial charge in [0.05, 0.1) is 5.92 Å². The molecule has 5 amide bonds. The number of primary amides is 1. The largest absolute Gasteiger partial charge is 0.368 e. The summed E-state index contributed by atoms with van der Waals surface area (Å²) in [5, 5.41) is 6.73. The number of fused-ring (bicyclic) bond motifs is 1. The first-order valence-corrected chi connectivity index (χ1v) is 19.4. The van der Waals surface area contributed by atoms with Crippen LogP contribution < -0.4 is 16.4 Å². The lowest BCUT2D eigenvalue weighted by Gasteiger charge is -2.50. The highest BCUT2D eigenvalue weighted by Gasteiger charge is 2.56. The highest BCUT2D eigenvalue weighted by molar-refractivity contribution is 6.27. The second kappa shape index (κ2) is 17.8. The number of amides is 5. The van der Waals surface area contributed by atoms with Crippen LogP contribution in [0.5, 0.6) is 0 Å². The van der Waals surface area contributed by atoms with E-state index in [0.29, 0.717) is 25.9 Å². The SMILES string of the molecule is NC(=O)C1([C@H](Cc2c[nH]c3ccccc23)C(=O)N[C@@H](Cc2ccccc2)C(=O)N2CCCCC2)CCCCN1C(=O)[C@H](Cc1ccccc1)NC(=O)CCl. The molecule has 3 aromatic carbocycles. The fraction of sp³-hybridized carbons (Fsp3) is 0.405. The van der Waals surface area contributed by atoms with E-state index in [1.807, 2.05) is 91.1 Å². The Hall–Kier alpha value is -5.16. The summed E-state index contributed by atoms with van der Waals surface area (Å²) in [6.45, 7) is 1.34. The molecule has 0 aliphatic carbocycles. The minimum atomic E-state index is -1.79. The van der Waals surface area contributed by atoms with E-state index in [4.69, 9.17) is 17.3 Å². The van der Waals surface area contributed by atoms with E-state index < -0.39 is 47.2 Å². The van der Waals surface area contributed by atoms with Crippen molar-refractivity contribution in [3.63, 3.8) is 0 Å². The second-order valence-electron chi connectivity index (χ2n) is 14.4. The van der Waals surface area contributed by atoms with Crippen molar-refractivity contribution in [1.29, 1.82) is 0 Å². The van der Waals surface area contributed by atoms with Gasteiger partial charge in [-0.2, -0.15) is 0 Å². The van der Waals surface area contributed by atoms with Gasteiger partial charge in [-0.3, -0.25) is 24.0 Å². The predicted octanol–water partition coefficient (Wildman–Crippen LogP) is 4.27. The number of hydrogen-bond acceptors (Lipinski definition) is 5. The Morgan fingerprint density at radius 2 is 1.31 bits per heavy atom. The summed E-state index contributed by atoms with van der Waals surface area (Å²) < 4.78 is 0. The minimum Gasteiger partial charge on any atom is -0.368 e. The fourth-order valence-electron chi connectivity index (χ4n) is 8.22. The van der Waals surface area contributed by atoms with Crippen molar-refractivity contribution in [2.24, 2.45) is 11.7 Å². The maximum atomic E-state index is 15.1. The molecule has 0 saturated carbocycles. The lowest BCUT2D eigenvalue weighted by Crippen LogP contribution is -2.71. The second-order valence-corrected chi connectivity index (χ2v) is 14.7. The Morgan fingerprint density at radius 3 is 1.94 bits per heavy atom. The first kappa shape index (κ1) is 38.6. The first-order chi connectivity index (χ1) is 26.2. The first-order valence-electron chi connectivity index (χ1n) is 18.9. The number of halogens is 1. The van der Waals surface area contributed by atoms with E-state index in [-0.39, 0.29) is 44.0 Å². The summed E-state index contributed by atoms with van der Waals surface area (Å²) in [6.07, 6.45) is 6.26. The molecule has 2 aliphatic heterocycles. The van der Waals surface area contributed by atoms with Crippen molar-refractivity contribution >= 4 is 52.0 Å². The van der Waals surface area contributed by atoms with Crippen molar-refractivity contribution in [3.8, 4) is 0 Å². The summed E-state index contributed by atoms with van der Waals surface area (Å²) in [5.74, 6) is -4.17. The van der Waals surface area contributed by atoms with E-state index in [1.165, 1.54) is 4.90 Å². The molecule has 3 heterocycles. The Morgan fingerprint density at radius 1 is 0.722 bits per heavy atom. The van der Waals surface area contributed by atoms with Crippen LogP contribution in [0.15, 0.2) is 91.1 Å². The van der Waals surface area contributed by atoms with Crippen molar-refractivity contribution in [1.82, 2.24) is 25.4 Å². The van der Waals surface area contributed by atoms with Gasteiger partial charge >= 0.3 is 0 Å². The quantitative estimate of drug-likeness (QED) is 0.142. The van der Waals surface area contributed by atoms with Gasteiger partial charge in [0.15, 0.2) is 0 Å². The van der Waals surface area contributed by atoms with Crippen LogP contribution in [0.25, 0.3) is 10.9 Å². The number of carbonyl (C=O) groups is 5. The van der Waals surface area contributed by atoms with Crippen LogP contribution in [-0.2, 0) is 43.2 Å². The summed E-state index contributed by atoms with van der Waals surface area (Å²) >= 11 is 5.91. The molecule has 11 nitrogen and oxygen atoms in total. The van der Waals surface area contributed by atoms with Crippen LogP contribution in [-0.4, -0.2) is 87.5 Å². The maximum Gasteiger partial charge on any atom is 0.246 e. The summed E-state index contributed by atoms with van der Waals surface area (Å²) in [6, 6.07) is 24.4. The van der Waals surface area contributed by atoms with E-state index in [9.17, 15) is 19.2 Å². The topological polar surface area (TPSA) is 158 Å². The summed E-state index contributed by atoms with van der Waals surface area (Å²) in [7, 11) is 0. The van der Waals surface area contributed by atoms with Crippen LogP contribution in [0.3, 0.4) is 0 Å². The molecule has 0 bridgehead atoms. The molecule has 4 aromatic rings. The van der Waals surface area contributed by atoms with E-state index in [0.717, 1.165) is 46.9 Å². The molecule has 284 valence electrons. The number of piperidine rings is 2. The maximum absolute atomic E-state index is 15.1. The molecule has 2 aliphatic rings. The van der Waals surface area contributed by atoms with Crippen LogP contribution in [0.4, 0.5) is 0 Å². The smallest absolute Gasteiger partial charge is 0.246 e. The number of rotatable bonds is 14. The number of benzene rings is 3. The zero-order chi connectivity index (χ0) is 38.1. The van der Waals surface area contributed by atoms with Crippen LogP contribution >= 0.6 is 11.6 Å². The van der Waals surface area contributed by atoms with Crippen LogP contribution in [0.2, 0.25) is 0 Å². The highest BCUT2D eigenvalue weighted by Crippen LogP contribution is 2.39. The molecule has 2 saturated heterocycles. The molecule has 0 spiro atoms. The van der Waals surface area contributed by atoms with Crippen molar-refractivity contribution in [3.05, 3.63) is 108 Å². The number of nitrogens with zero attached hydrogens (tertiary/aromatic N) is 2. The third kappa shape index (κ3) is 8.62. The zero-order valence-electron chi connectivity index (χ0n) is 30.5. The van der Waals surface area contributed by atoms with E-state index in [2.05, 4.69) is 15.6 Å². The van der Waals surface area contributed by atoms with Gasteiger partial charge in [0.1, 0.15) is 23.5 Å². The molecule has 4 atom stereocenters. The molecular formula is C42H49ClN6O5. The standard InChI is InChI=1S/C42H49ClN6O5/c43-27-37(50)46-36(25-30-16-6-2-7-17-30)40(53)49-23-13-10-20-42(49,41(44)54)33(26-31-28-45-34-19-9-8-18-32(31)34)38(51)47-35(24-29-14-4-1-5-15-29)39(52)48-21-11-3-12-22-48/h1-2,4-9,14-19,28,33,35-36,45H,3,10-13,20-27H2,(H2,44,54)(H,46,50)(H,47,51)/t33-,35+,36+,42?/m1/s1. The van der Waals surface area contributed by atoms with Crippen molar-refractivity contribution < 1.29 is 24.0 Å². The summed E-state index contributed by atoms with van der Waals surface area (Å²) in [5.41, 5.74) is 7.91. The molecule has 1 aromatic heterocycles. The third-order valence-corrected chi connectivity index (χ3v) is 11.2. The number of aromatic amines is 1. The van der Waals surface area contributed by atoms with Gasteiger partial charge in [-0.15, -0.1) is 11.6 Å². The molecule has 6 rings (SSSR count). The number of carbonyl (C=O) groups excluding carboxylic acids is 5. The lowest BCUT2D eigenvalue weighted by molar-refractivity contribution is -0.160. The fourth-order valence-corrected chi connectivity index (χ4v) is 8.30. The number of nitrogens with two attached hydrogens (primary N) is 1. The Kier molecular flexibility index (Phi) is 12.7. The summed E-state index contributed by atoms with van der Waals surface area (Å²) in [4.78, 5) is 77.6. The van der Waals surface area contributed by atoms with Crippen molar-refractivity contribution in [2.75, 3.05) is 25.5 Å². The third-order valence-electron chi connectivity index (χ3n) is 11.0. The monoisotopic (exact) mass is 752 g/mol. The minimum absolute atomic E-state index is 0.0515. The molecule has 2 fully saturated rings. The van der Waals surface area contributed by atoms with E-state index in [1.54, 1.807) is 4.90 Å². The van der Waals surface area contributed by atoms with Gasteiger partial charge in [-0.05, 0) is 67.7 Å². The molecule has 54 heavy (non-hydrogen) atoms. The normalized spacial score (nSPS) is 19.1. The van der Waals surface area contributed by atoms with Crippen molar-refractivity contribution in [2.45, 2.75) is 75.4 Å². The molecular weight excluding hydrogens is 704 g/mol. The number of hydrogen-bond donors (Lipinski definition) is 4. The highest BCUT2D eigenvalue weighted by atomic mass is 35.5. The Labute approximate surface area is 321 Å². The van der Waals surface area contributed by atoms with E-state index >= 15 is 4.79 Å². The van der Waals surface area contributed by atoms with Gasteiger partial charge in [-0.25, -0.2) is 0 Å². The number of nitrogens with one attached hydrogen (secondary N) is 3. The predicted molar refractivity (Wildman–Crippen MR) is 208 cm³/mol. The van der Waals surface area contributed by atoms with Gasteiger partial charge < -0.3 is 31.2 Å². The van der Waals surface area contributed by atoms with Gasteiger partial charge in [0, 0.05) is 49.6 Å². The molecule has 5 N–H and O–H groups in total. The van der Waals surface area contributed by atoms with Crippen LogP contribution in [0.1, 0.15) is 55.2 Å². The number of likely N-dealkylation sites (tertiary alicyclic amines) is 2. The van der Waals surface area contributed by atoms with Gasteiger partial charge in [-0.1, -0.05) is 78.9 Å². The number of alkyl halides is 1.